The van der Waals surface area contributed by atoms with Crippen molar-refractivity contribution in [3.8, 4) is 17.0 Å². The van der Waals surface area contributed by atoms with Crippen LogP contribution in [0.2, 0.25) is 0 Å². The van der Waals surface area contributed by atoms with E-state index in [1.807, 2.05) is 18.2 Å². The van der Waals surface area contributed by atoms with E-state index < -0.39 is 0 Å². The van der Waals surface area contributed by atoms with Gasteiger partial charge in [-0.05, 0) is 29.3 Å². The highest BCUT2D eigenvalue weighted by Crippen LogP contribution is 2.31. The van der Waals surface area contributed by atoms with Gasteiger partial charge >= 0.3 is 0 Å². The topological polar surface area (TPSA) is 35.0 Å². The summed E-state index contributed by atoms with van der Waals surface area (Å²) in [6.07, 6.45) is 5.17. The minimum absolute atomic E-state index is 0.427. The summed E-state index contributed by atoms with van der Waals surface area (Å²) in [6, 6.07) is 5.72. The molecule has 0 amide bonds. The van der Waals surface area contributed by atoms with Gasteiger partial charge in [0.15, 0.2) is 0 Å². The number of hydrogen-bond donors (Lipinski definition) is 0. The Kier molecular flexibility index (Phi) is 3.37. The lowest BCUT2D eigenvalue weighted by molar-refractivity contribution is 0.399. The molecule has 82 valence electrons. The molecule has 0 aromatic carbocycles. The summed E-state index contributed by atoms with van der Waals surface area (Å²) in [5.74, 6) is 1.01. The van der Waals surface area contributed by atoms with Crippen LogP contribution in [0.3, 0.4) is 0 Å². The van der Waals surface area contributed by atoms with Gasteiger partial charge in [0.2, 0.25) is 5.88 Å². The van der Waals surface area contributed by atoms with Crippen molar-refractivity contribution in [1.82, 2.24) is 9.97 Å². The Labute approximate surface area is 99.1 Å². The standard InChI is InChI=1S/C12H11ClN2O/c1-16-12-11(9-2-5-14-6-3-9)10(8-13)4-7-15-12/h2-7H,8H2,1H3. The predicted octanol–water partition coefficient (Wildman–Crippen LogP) is 2.89. The van der Waals surface area contributed by atoms with E-state index in [2.05, 4.69) is 9.97 Å². The maximum absolute atomic E-state index is 5.91. The number of rotatable bonds is 3. The summed E-state index contributed by atoms with van der Waals surface area (Å²) in [4.78, 5) is 8.17. The fourth-order valence-corrected chi connectivity index (χ4v) is 1.80. The molecule has 2 rings (SSSR count). The van der Waals surface area contributed by atoms with Crippen LogP contribution in [-0.2, 0) is 5.88 Å². The third kappa shape index (κ3) is 1.99. The van der Waals surface area contributed by atoms with Gasteiger partial charge in [-0.15, -0.1) is 11.6 Å². The molecule has 0 aliphatic heterocycles. The van der Waals surface area contributed by atoms with Gasteiger partial charge in [-0.1, -0.05) is 0 Å². The van der Waals surface area contributed by atoms with Crippen LogP contribution in [-0.4, -0.2) is 17.1 Å². The molecule has 0 unspecified atom stereocenters. The number of aromatic nitrogens is 2. The van der Waals surface area contributed by atoms with Gasteiger partial charge < -0.3 is 4.74 Å². The number of methoxy groups -OCH3 is 1. The second kappa shape index (κ2) is 4.94. The van der Waals surface area contributed by atoms with Crippen molar-refractivity contribution in [1.29, 1.82) is 0 Å². The molecule has 0 saturated heterocycles. The van der Waals surface area contributed by atoms with E-state index in [1.54, 1.807) is 25.7 Å². The summed E-state index contributed by atoms with van der Waals surface area (Å²) in [7, 11) is 1.60. The zero-order valence-corrected chi connectivity index (χ0v) is 9.61. The summed E-state index contributed by atoms with van der Waals surface area (Å²) in [5.41, 5.74) is 2.94. The van der Waals surface area contributed by atoms with Gasteiger partial charge in [-0.25, -0.2) is 4.98 Å². The van der Waals surface area contributed by atoms with Crippen LogP contribution in [0.1, 0.15) is 5.56 Å². The number of ether oxygens (including phenoxy) is 1. The molecular weight excluding hydrogens is 224 g/mol. The van der Waals surface area contributed by atoms with E-state index in [-0.39, 0.29) is 0 Å². The summed E-state index contributed by atoms with van der Waals surface area (Å²) in [5, 5.41) is 0. The maximum Gasteiger partial charge on any atom is 0.221 e. The predicted molar refractivity (Wildman–Crippen MR) is 63.6 cm³/mol. The SMILES string of the molecule is COc1nccc(CCl)c1-c1ccncc1. The van der Waals surface area contributed by atoms with Gasteiger partial charge in [0, 0.05) is 30.0 Å². The third-order valence-electron chi connectivity index (χ3n) is 2.31. The Balaban J connectivity index is 2.62. The molecule has 0 N–H and O–H groups in total. The number of alkyl halides is 1. The molecule has 16 heavy (non-hydrogen) atoms. The van der Waals surface area contributed by atoms with Crippen LogP contribution in [0, 0.1) is 0 Å². The molecule has 0 aliphatic rings. The molecule has 0 atom stereocenters. The first-order chi connectivity index (χ1) is 7.86. The Morgan fingerprint density at radius 3 is 2.56 bits per heavy atom. The van der Waals surface area contributed by atoms with Crippen LogP contribution in [0.4, 0.5) is 0 Å². The van der Waals surface area contributed by atoms with Gasteiger partial charge in [-0.3, -0.25) is 4.98 Å². The van der Waals surface area contributed by atoms with E-state index >= 15 is 0 Å². The molecule has 0 bridgehead atoms. The molecular formula is C12H11ClN2O. The third-order valence-corrected chi connectivity index (χ3v) is 2.60. The zero-order chi connectivity index (χ0) is 11.4. The molecule has 4 heteroatoms. The number of hydrogen-bond acceptors (Lipinski definition) is 3. The average Bonchev–Trinajstić information content (AvgIpc) is 2.38. The number of pyridine rings is 2. The largest absolute Gasteiger partial charge is 0.481 e. The highest BCUT2D eigenvalue weighted by atomic mass is 35.5. The Bertz CT molecular complexity index is 451. The highest BCUT2D eigenvalue weighted by molar-refractivity contribution is 6.17. The Morgan fingerprint density at radius 2 is 1.94 bits per heavy atom. The van der Waals surface area contributed by atoms with Crippen LogP contribution < -0.4 is 4.74 Å². The lowest BCUT2D eigenvalue weighted by Gasteiger charge is -2.10. The number of halogens is 1. The molecule has 2 aromatic heterocycles. The molecule has 0 aliphatic carbocycles. The second-order valence-corrected chi connectivity index (χ2v) is 3.49. The van der Waals surface area contributed by atoms with E-state index in [1.165, 1.54) is 0 Å². The van der Waals surface area contributed by atoms with E-state index in [9.17, 15) is 0 Å². The van der Waals surface area contributed by atoms with Crippen molar-refractivity contribution >= 4 is 11.6 Å². The summed E-state index contributed by atoms with van der Waals surface area (Å²) < 4.78 is 5.25. The second-order valence-electron chi connectivity index (χ2n) is 3.22. The molecule has 0 saturated carbocycles. The van der Waals surface area contributed by atoms with E-state index in [0.717, 1.165) is 16.7 Å². The molecule has 0 spiro atoms. The van der Waals surface area contributed by atoms with Crippen LogP contribution in [0.5, 0.6) is 5.88 Å². The Hall–Kier alpha value is -1.61. The minimum Gasteiger partial charge on any atom is -0.481 e. The van der Waals surface area contributed by atoms with Crippen molar-refractivity contribution < 1.29 is 4.74 Å². The van der Waals surface area contributed by atoms with Gasteiger partial charge in [-0.2, -0.15) is 0 Å². The van der Waals surface area contributed by atoms with Crippen LogP contribution in [0.25, 0.3) is 11.1 Å². The van der Waals surface area contributed by atoms with Crippen molar-refractivity contribution in [3.05, 3.63) is 42.4 Å². The monoisotopic (exact) mass is 234 g/mol. The van der Waals surface area contributed by atoms with Crippen LogP contribution >= 0.6 is 11.6 Å². The Morgan fingerprint density at radius 1 is 1.19 bits per heavy atom. The van der Waals surface area contributed by atoms with Crippen molar-refractivity contribution in [2.75, 3.05) is 7.11 Å². The molecule has 0 radical (unpaired) electrons. The smallest absolute Gasteiger partial charge is 0.221 e. The van der Waals surface area contributed by atoms with Crippen molar-refractivity contribution in [2.24, 2.45) is 0 Å². The average molecular weight is 235 g/mol. The number of nitrogens with zero attached hydrogens (tertiary/aromatic N) is 2. The molecule has 0 fully saturated rings. The van der Waals surface area contributed by atoms with Gasteiger partial charge in [0.05, 0.1) is 7.11 Å². The summed E-state index contributed by atoms with van der Waals surface area (Å²) >= 11 is 5.91. The first-order valence-corrected chi connectivity index (χ1v) is 5.38. The fourth-order valence-electron chi connectivity index (χ4n) is 1.57. The molecule has 2 heterocycles. The first kappa shape index (κ1) is 10.9. The van der Waals surface area contributed by atoms with Gasteiger partial charge in [0.25, 0.3) is 0 Å². The zero-order valence-electron chi connectivity index (χ0n) is 8.85. The minimum atomic E-state index is 0.427. The van der Waals surface area contributed by atoms with Crippen LogP contribution in [0.15, 0.2) is 36.8 Å². The summed E-state index contributed by atoms with van der Waals surface area (Å²) in [6.45, 7) is 0. The lowest BCUT2D eigenvalue weighted by atomic mass is 10.0. The maximum atomic E-state index is 5.91. The van der Waals surface area contributed by atoms with E-state index in [4.69, 9.17) is 16.3 Å². The van der Waals surface area contributed by atoms with E-state index in [0.29, 0.717) is 11.8 Å². The molecule has 3 nitrogen and oxygen atoms in total. The van der Waals surface area contributed by atoms with Gasteiger partial charge in [0.1, 0.15) is 0 Å². The fraction of sp³-hybridized carbons (Fsp3) is 0.167. The molecule has 2 aromatic rings. The highest BCUT2D eigenvalue weighted by Gasteiger charge is 2.11. The lowest BCUT2D eigenvalue weighted by Crippen LogP contribution is -1.95. The first-order valence-electron chi connectivity index (χ1n) is 4.85. The normalized spacial score (nSPS) is 10.1. The van der Waals surface area contributed by atoms with Crippen molar-refractivity contribution in [3.63, 3.8) is 0 Å². The van der Waals surface area contributed by atoms with Crippen molar-refractivity contribution in [2.45, 2.75) is 5.88 Å². The quantitative estimate of drug-likeness (QED) is 0.766.